The number of carbonyl (C=O) groups is 1. The van der Waals surface area contributed by atoms with Crippen LogP contribution in [0.25, 0.3) is 0 Å². The van der Waals surface area contributed by atoms with Crippen LogP contribution in [-0.4, -0.2) is 21.8 Å². The molecule has 0 saturated carbocycles. The number of methoxy groups -OCH3 is 1. The molecule has 4 aromatic rings. The largest absolute Gasteiger partial charge is 0.755 e. The number of anilines is 3. The Balaban J connectivity index is 1.63. The van der Waals surface area contributed by atoms with Crippen LogP contribution in [0.2, 0.25) is 0 Å². The van der Waals surface area contributed by atoms with Crippen molar-refractivity contribution < 1.29 is 27.8 Å². The van der Waals surface area contributed by atoms with E-state index in [1.807, 2.05) is 37.3 Å². The molecule has 37 heavy (non-hydrogen) atoms. The van der Waals surface area contributed by atoms with Crippen molar-refractivity contribution in [1.29, 1.82) is 0 Å². The third kappa shape index (κ3) is 6.27. The van der Waals surface area contributed by atoms with Crippen LogP contribution in [0.1, 0.15) is 21.5 Å². The molecule has 0 aromatic heterocycles. The minimum Gasteiger partial charge on any atom is -0.755 e. The van der Waals surface area contributed by atoms with Crippen molar-refractivity contribution in [2.75, 3.05) is 17.1 Å². The van der Waals surface area contributed by atoms with Gasteiger partial charge in [-0.25, -0.2) is 4.79 Å². The highest BCUT2D eigenvalue weighted by Gasteiger charge is 2.21. The maximum Gasteiger partial charge on any atom is 0.340 e. The van der Waals surface area contributed by atoms with Crippen LogP contribution in [0.15, 0.2) is 91.0 Å². The molecule has 0 spiro atoms. The Hall–Kier alpha value is -4.34. The van der Waals surface area contributed by atoms with Gasteiger partial charge in [-0.2, -0.15) is 0 Å². The quantitative estimate of drug-likeness (QED) is 0.173. The van der Waals surface area contributed by atoms with Crippen LogP contribution in [0.3, 0.4) is 0 Å². The number of hydrogen-bond donors (Lipinski definition) is 1. The number of nitrogen functional groups attached to an aromatic ring is 1. The maximum atomic E-state index is 12.6. The van der Waals surface area contributed by atoms with E-state index in [9.17, 15) is 13.6 Å². The number of carbonyl (C=O) groups excluding carboxylic acids is 1. The van der Waals surface area contributed by atoms with Gasteiger partial charge in [-0.05, 0) is 55.0 Å². The fourth-order valence-corrected chi connectivity index (χ4v) is 4.20. The van der Waals surface area contributed by atoms with Gasteiger partial charge in [-0.3, -0.25) is 8.51 Å². The van der Waals surface area contributed by atoms with Crippen LogP contribution in [-0.2, 0) is 22.6 Å². The Morgan fingerprint density at radius 2 is 1.62 bits per heavy atom. The first-order valence-corrected chi connectivity index (χ1v) is 12.3. The van der Waals surface area contributed by atoms with Crippen LogP contribution >= 0.6 is 0 Å². The lowest BCUT2D eigenvalue weighted by Crippen LogP contribution is -2.22. The van der Waals surface area contributed by atoms with Gasteiger partial charge in [-0.15, -0.1) is 0 Å². The van der Waals surface area contributed by atoms with E-state index in [1.165, 1.54) is 19.2 Å². The summed E-state index contributed by atoms with van der Waals surface area (Å²) in [7, 11) is 1.22. The summed E-state index contributed by atoms with van der Waals surface area (Å²) in [6, 6.07) is 26.0. The van der Waals surface area contributed by atoms with Crippen LogP contribution < -0.4 is 19.5 Å². The molecule has 0 aliphatic rings. The van der Waals surface area contributed by atoms with E-state index < -0.39 is 17.2 Å². The highest BCUT2D eigenvalue weighted by Crippen LogP contribution is 2.36. The zero-order valence-corrected chi connectivity index (χ0v) is 21.1. The van der Waals surface area contributed by atoms with Crippen molar-refractivity contribution in [2.24, 2.45) is 0 Å². The predicted molar refractivity (Wildman–Crippen MR) is 142 cm³/mol. The van der Waals surface area contributed by atoms with E-state index in [-0.39, 0.29) is 11.3 Å². The third-order valence-electron chi connectivity index (χ3n) is 5.47. The molecule has 0 saturated heterocycles. The van der Waals surface area contributed by atoms with E-state index in [4.69, 9.17) is 19.9 Å². The SMILES string of the molecule is COC(=O)c1cc(Oc2ccc(N)c(OCc3ccccc3)c2)ccc1N(c1ccc(C)cc1)S(=O)[O-]. The first kappa shape index (κ1) is 25.7. The number of hydrogen-bond acceptors (Lipinski definition) is 7. The number of nitrogens with zero attached hydrogens (tertiary/aromatic N) is 1. The summed E-state index contributed by atoms with van der Waals surface area (Å²) in [5.74, 6) is 0.442. The molecular weight excluding hydrogens is 492 g/mol. The second kappa shape index (κ2) is 11.6. The highest BCUT2D eigenvalue weighted by atomic mass is 32.2. The zero-order valence-electron chi connectivity index (χ0n) is 20.2. The van der Waals surface area contributed by atoms with Gasteiger partial charge in [0.2, 0.25) is 0 Å². The minimum atomic E-state index is -2.71. The number of benzene rings is 4. The first-order valence-electron chi connectivity index (χ1n) is 11.3. The second-order valence-electron chi connectivity index (χ2n) is 8.09. The van der Waals surface area contributed by atoms with Crippen molar-refractivity contribution in [3.05, 3.63) is 108 Å². The average molecular weight is 518 g/mol. The molecule has 0 bridgehead atoms. The summed E-state index contributed by atoms with van der Waals surface area (Å²) in [4.78, 5) is 12.6. The van der Waals surface area contributed by atoms with Crippen molar-refractivity contribution in [1.82, 2.24) is 0 Å². The number of nitrogens with two attached hydrogens (primary N) is 1. The van der Waals surface area contributed by atoms with E-state index in [2.05, 4.69) is 0 Å². The van der Waals surface area contributed by atoms with Crippen molar-refractivity contribution in [3.8, 4) is 17.2 Å². The lowest BCUT2D eigenvalue weighted by molar-refractivity contribution is 0.0601. The number of rotatable bonds is 9. The molecule has 4 rings (SSSR count). The lowest BCUT2D eigenvalue weighted by atomic mass is 10.1. The summed E-state index contributed by atoms with van der Waals surface area (Å²) in [6.45, 7) is 2.22. The van der Waals surface area contributed by atoms with Gasteiger partial charge in [0.25, 0.3) is 0 Å². The van der Waals surface area contributed by atoms with Gasteiger partial charge in [0.05, 0.1) is 41.0 Å². The van der Waals surface area contributed by atoms with E-state index >= 15 is 0 Å². The maximum absolute atomic E-state index is 12.6. The molecule has 9 heteroatoms. The minimum absolute atomic E-state index is 0.0146. The van der Waals surface area contributed by atoms with Gasteiger partial charge in [-0.1, -0.05) is 48.0 Å². The normalized spacial score (nSPS) is 11.4. The lowest BCUT2D eigenvalue weighted by Gasteiger charge is -2.28. The predicted octanol–water partition coefficient (Wildman–Crippen LogP) is 5.67. The van der Waals surface area contributed by atoms with Crippen LogP contribution in [0, 0.1) is 6.92 Å². The molecule has 1 unspecified atom stereocenters. The van der Waals surface area contributed by atoms with E-state index in [0.717, 1.165) is 15.4 Å². The Labute approximate surface area is 217 Å². The van der Waals surface area contributed by atoms with Gasteiger partial charge >= 0.3 is 5.97 Å². The Bertz CT molecular complexity index is 1410. The molecule has 0 radical (unpaired) electrons. The Morgan fingerprint density at radius 3 is 2.30 bits per heavy atom. The number of ether oxygens (including phenoxy) is 3. The summed E-state index contributed by atoms with van der Waals surface area (Å²) in [5.41, 5.74) is 8.98. The molecule has 8 nitrogen and oxygen atoms in total. The Kier molecular flexibility index (Phi) is 8.07. The van der Waals surface area contributed by atoms with Gasteiger partial charge in [0.15, 0.2) is 0 Å². The smallest absolute Gasteiger partial charge is 0.340 e. The molecule has 0 fully saturated rings. The summed E-state index contributed by atoms with van der Waals surface area (Å²) >= 11 is -2.71. The second-order valence-corrected chi connectivity index (χ2v) is 8.89. The van der Waals surface area contributed by atoms with Crippen LogP contribution in [0.4, 0.5) is 17.1 Å². The summed E-state index contributed by atoms with van der Waals surface area (Å²) < 4.78 is 42.1. The van der Waals surface area contributed by atoms with Gasteiger partial charge in [0.1, 0.15) is 23.9 Å². The number of esters is 1. The molecule has 190 valence electrons. The van der Waals surface area contributed by atoms with Crippen molar-refractivity contribution in [3.63, 3.8) is 0 Å². The van der Waals surface area contributed by atoms with Crippen molar-refractivity contribution in [2.45, 2.75) is 13.5 Å². The fourth-order valence-electron chi connectivity index (χ4n) is 3.59. The monoisotopic (exact) mass is 517 g/mol. The molecule has 1 atom stereocenters. The van der Waals surface area contributed by atoms with Crippen LogP contribution in [0.5, 0.6) is 17.2 Å². The van der Waals surface area contributed by atoms with Crippen molar-refractivity contribution >= 4 is 34.3 Å². The molecular formula is C28H25N2O6S-. The van der Waals surface area contributed by atoms with E-state index in [0.29, 0.717) is 35.2 Å². The number of aryl methyl sites for hydroxylation is 1. The standard InChI is InChI=1S/C28H26N2O6S/c1-19-8-10-21(11-9-19)30(37(32)33)26-15-13-22(16-24(26)28(31)34-2)36-23-12-14-25(29)27(17-23)35-18-20-6-4-3-5-7-20/h3-17H,18,29H2,1-2H3,(H,32,33)/p-1. The highest BCUT2D eigenvalue weighted by molar-refractivity contribution is 7.81. The van der Waals surface area contributed by atoms with Gasteiger partial charge < -0.3 is 24.5 Å². The molecule has 0 heterocycles. The molecule has 2 N–H and O–H groups in total. The molecule has 0 aliphatic heterocycles. The first-order chi connectivity index (χ1) is 17.9. The molecule has 0 aliphatic carbocycles. The zero-order chi connectivity index (χ0) is 26.4. The average Bonchev–Trinajstić information content (AvgIpc) is 2.91. The molecule has 0 amide bonds. The third-order valence-corrected chi connectivity index (χ3v) is 6.17. The molecule has 4 aromatic carbocycles. The summed E-state index contributed by atoms with van der Waals surface area (Å²) in [5, 5.41) is 0. The van der Waals surface area contributed by atoms with Gasteiger partial charge in [0, 0.05) is 6.07 Å². The van der Waals surface area contributed by atoms with E-state index in [1.54, 1.807) is 48.5 Å². The topological polar surface area (TPSA) is 114 Å². The fraction of sp³-hybridized carbons (Fsp3) is 0.107. The summed E-state index contributed by atoms with van der Waals surface area (Å²) in [6.07, 6.45) is 0. The Morgan fingerprint density at radius 1 is 0.946 bits per heavy atom.